The monoisotopic (exact) mass is 183 g/mol. The summed E-state index contributed by atoms with van der Waals surface area (Å²) >= 11 is 0. The molecule has 0 saturated carbocycles. The van der Waals surface area contributed by atoms with Gasteiger partial charge in [0, 0.05) is 13.0 Å². The SMILES string of the molecule is C#CCCN(CC(N)=O)CC(N)=O. The smallest absolute Gasteiger partial charge is 0.231 e. The molecular weight excluding hydrogens is 170 g/mol. The molecule has 5 nitrogen and oxygen atoms in total. The highest BCUT2D eigenvalue weighted by atomic mass is 16.2. The van der Waals surface area contributed by atoms with Gasteiger partial charge in [0.15, 0.2) is 0 Å². The average molecular weight is 183 g/mol. The molecule has 2 amide bonds. The van der Waals surface area contributed by atoms with E-state index < -0.39 is 11.8 Å². The van der Waals surface area contributed by atoms with E-state index in [1.807, 2.05) is 0 Å². The van der Waals surface area contributed by atoms with Crippen molar-refractivity contribution in [1.82, 2.24) is 4.90 Å². The molecule has 0 bridgehead atoms. The molecule has 0 aromatic heterocycles. The summed E-state index contributed by atoms with van der Waals surface area (Å²) in [5.41, 5.74) is 9.91. The molecule has 5 heteroatoms. The van der Waals surface area contributed by atoms with Gasteiger partial charge in [-0.15, -0.1) is 12.3 Å². The molecule has 72 valence electrons. The van der Waals surface area contributed by atoms with Crippen LogP contribution in [0.1, 0.15) is 6.42 Å². The summed E-state index contributed by atoms with van der Waals surface area (Å²) in [5.74, 6) is 1.40. The maximum absolute atomic E-state index is 10.5. The van der Waals surface area contributed by atoms with E-state index in [4.69, 9.17) is 17.9 Å². The fourth-order valence-corrected chi connectivity index (χ4v) is 0.877. The predicted octanol–water partition coefficient (Wildman–Crippen LogP) is -1.72. The van der Waals surface area contributed by atoms with E-state index in [0.717, 1.165) is 0 Å². The Labute approximate surface area is 77.1 Å². The Balaban J connectivity index is 3.96. The third-order valence-electron chi connectivity index (χ3n) is 1.33. The van der Waals surface area contributed by atoms with Gasteiger partial charge in [-0.3, -0.25) is 14.5 Å². The van der Waals surface area contributed by atoms with Crippen LogP contribution >= 0.6 is 0 Å². The van der Waals surface area contributed by atoms with E-state index in [2.05, 4.69) is 5.92 Å². The number of terminal acetylenes is 1. The molecule has 0 saturated heterocycles. The first-order valence-electron chi connectivity index (χ1n) is 3.78. The first-order chi connectivity index (χ1) is 6.06. The Kier molecular flexibility index (Phi) is 5.32. The van der Waals surface area contributed by atoms with Crippen molar-refractivity contribution < 1.29 is 9.59 Å². The van der Waals surface area contributed by atoms with Crippen LogP contribution in [0.25, 0.3) is 0 Å². The molecule has 0 aliphatic heterocycles. The summed E-state index contributed by atoms with van der Waals surface area (Å²) in [6.45, 7) is 0.456. The molecule has 0 aliphatic carbocycles. The zero-order chi connectivity index (χ0) is 10.3. The molecule has 0 fully saturated rings. The molecule has 0 aromatic rings. The summed E-state index contributed by atoms with van der Waals surface area (Å²) in [6.07, 6.45) is 5.49. The van der Waals surface area contributed by atoms with Crippen molar-refractivity contribution in [2.24, 2.45) is 11.5 Å². The minimum Gasteiger partial charge on any atom is -0.369 e. The molecule has 0 atom stereocenters. The summed E-state index contributed by atoms with van der Waals surface area (Å²) in [5, 5.41) is 0. The highest BCUT2D eigenvalue weighted by Gasteiger charge is 2.09. The van der Waals surface area contributed by atoms with Gasteiger partial charge in [-0.05, 0) is 0 Å². The topological polar surface area (TPSA) is 89.4 Å². The highest BCUT2D eigenvalue weighted by molar-refractivity contribution is 5.79. The Hall–Kier alpha value is -1.54. The summed E-state index contributed by atoms with van der Waals surface area (Å²) < 4.78 is 0. The van der Waals surface area contributed by atoms with Crippen LogP contribution < -0.4 is 11.5 Å². The van der Waals surface area contributed by atoms with Crippen molar-refractivity contribution in [3.05, 3.63) is 0 Å². The van der Waals surface area contributed by atoms with Crippen LogP contribution in [-0.4, -0.2) is 36.3 Å². The molecule has 0 rings (SSSR count). The van der Waals surface area contributed by atoms with Gasteiger partial charge in [0.1, 0.15) is 0 Å². The van der Waals surface area contributed by atoms with Crippen LogP contribution in [0.2, 0.25) is 0 Å². The van der Waals surface area contributed by atoms with Crippen LogP contribution in [0, 0.1) is 12.3 Å². The lowest BCUT2D eigenvalue weighted by atomic mass is 10.3. The van der Waals surface area contributed by atoms with Crippen molar-refractivity contribution in [1.29, 1.82) is 0 Å². The standard InChI is InChI=1S/C8H13N3O2/c1-2-3-4-11(5-7(9)12)6-8(10)13/h1H,3-6H2,(H2,9,12)(H2,10,13). The number of hydrogen-bond donors (Lipinski definition) is 2. The quantitative estimate of drug-likeness (QED) is 0.480. The average Bonchev–Trinajstić information content (AvgIpc) is 1.98. The van der Waals surface area contributed by atoms with E-state index in [1.54, 1.807) is 0 Å². The second-order valence-electron chi connectivity index (χ2n) is 2.60. The van der Waals surface area contributed by atoms with Crippen molar-refractivity contribution in [3.63, 3.8) is 0 Å². The van der Waals surface area contributed by atoms with Crippen LogP contribution in [0.3, 0.4) is 0 Å². The number of nitrogens with two attached hydrogens (primary N) is 2. The lowest BCUT2D eigenvalue weighted by Crippen LogP contribution is -2.40. The molecule has 0 heterocycles. The third kappa shape index (κ3) is 6.84. The number of rotatable bonds is 6. The van der Waals surface area contributed by atoms with Crippen molar-refractivity contribution in [2.45, 2.75) is 6.42 Å². The van der Waals surface area contributed by atoms with Gasteiger partial charge in [0.05, 0.1) is 13.1 Å². The zero-order valence-corrected chi connectivity index (χ0v) is 7.32. The number of amides is 2. The van der Waals surface area contributed by atoms with Crippen LogP contribution in [0.15, 0.2) is 0 Å². The third-order valence-corrected chi connectivity index (χ3v) is 1.33. The number of carbonyl (C=O) groups is 2. The molecule has 0 unspecified atom stereocenters. The van der Waals surface area contributed by atoms with E-state index in [1.165, 1.54) is 4.90 Å². The van der Waals surface area contributed by atoms with Gasteiger partial charge in [-0.2, -0.15) is 0 Å². The number of hydrogen-bond acceptors (Lipinski definition) is 3. The first-order valence-corrected chi connectivity index (χ1v) is 3.78. The van der Waals surface area contributed by atoms with Gasteiger partial charge in [0.25, 0.3) is 0 Å². The van der Waals surface area contributed by atoms with Crippen molar-refractivity contribution in [2.75, 3.05) is 19.6 Å². The van der Waals surface area contributed by atoms with Crippen LogP contribution in [0.4, 0.5) is 0 Å². The number of nitrogens with zero attached hydrogens (tertiary/aromatic N) is 1. The summed E-state index contributed by atoms with van der Waals surface area (Å²) in [7, 11) is 0. The molecule has 0 aromatic carbocycles. The molecule has 13 heavy (non-hydrogen) atoms. The molecule has 0 aliphatic rings. The van der Waals surface area contributed by atoms with Crippen molar-refractivity contribution in [3.8, 4) is 12.3 Å². The Morgan fingerprint density at radius 3 is 2.00 bits per heavy atom. The summed E-state index contributed by atoms with van der Waals surface area (Å²) in [6, 6.07) is 0. The van der Waals surface area contributed by atoms with Gasteiger partial charge in [-0.25, -0.2) is 0 Å². The molecule has 4 N–H and O–H groups in total. The molecule has 0 spiro atoms. The Bertz CT molecular complexity index is 216. The minimum absolute atomic E-state index is 0.00458. The van der Waals surface area contributed by atoms with Gasteiger partial charge in [0.2, 0.25) is 11.8 Å². The van der Waals surface area contributed by atoms with Crippen LogP contribution in [0.5, 0.6) is 0 Å². The number of carbonyl (C=O) groups excluding carboxylic acids is 2. The zero-order valence-electron chi connectivity index (χ0n) is 7.32. The van der Waals surface area contributed by atoms with Crippen molar-refractivity contribution >= 4 is 11.8 Å². The second kappa shape index (κ2) is 6.03. The highest BCUT2D eigenvalue weighted by Crippen LogP contribution is 1.89. The maximum Gasteiger partial charge on any atom is 0.231 e. The Morgan fingerprint density at radius 2 is 1.69 bits per heavy atom. The van der Waals surface area contributed by atoms with Gasteiger partial charge >= 0.3 is 0 Å². The molecule has 0 radical (unpaired) electrons. The largest absolute Gasteiger partial charge is 0.369 e. The van der Waals surface area contributed by atoms with Gasteiger partial charge in [-0.1, -0.05) is 0 Å². The summed E-state index contributed by atoms with van der Waals surface area (Å²) in [4.78, 5) is 22.6. The second-order valence-corrected chi connectivity index (χ2v) is 2.60. The fourth-order valence-electron chi connectivity index (χ4n) is 0.877. The Morgan fingerprint density at radius 1 is 1.23 bits per heavy atom. The maximum atomic E-state index is 10.5. The normalized spacial score (nSPS) is 9.54. The van der Waals surface area contributed by atoms with E-state index in [-0.39, 0.29) is 13.1 Å². The van der Waals surface area contributed by atoms with E-state index >= 15 is 0 Å². The van der Waals surface area contributed by atoms with E-state index in [0.29, 0.717) is 13.0 Å². The lowest BCUT2D eigenvalue weighted by molar-refractivity contribution is -0.121. The number of primary amides is 2. The first kappa shape index (κ1) is 11.5. The predicted molar refractivity (Wildman–Crippen MR) is 48.3 cm³/mol. The molecular formula is C8H13N3O2. The fraction of sp³-hybridized carbons (Fsp3) is 0.500. The minimum atomic E-state index is -0.502. The lowest BCUT2D eigenvalue weighted by Gasteiger charge is -2.16. The van der Waals surface area contributed by atoms with Crippen LogP contribution in [-0.2, 0) is 9.59 Å². The van der Waals surface area contributed by atoms with E-state index in [9.17, 15) is 9.59 Å². The van der Waals surface area contributed by atoms with Gasteiger partial charge < -0.3 is 11.5 Å².